The van der Waals surface area contributed by atoms with Crippen LogP contribution in [0.3, 0.4) is 0 Å². The first-order valence-corrected chi connectivity index (χ1v) is 5.98. The Morgan fingerprint density at radius 3 is 2.89 bits per heavy atom. The van der Waals surface area contributed by atoms with E-state index in [1.807, 2.05) is 31.2 Å². The van der Waals surface area contributed by atoms with Crippen LogP contribution in [0.2, 0.25) is 0 Å². The van der Waals surface area contributed by atoms with Crippen molar-refractivity contribution in [3.05, 3.63) is 30.0 Å². The highest BCUT2D eigenvalue weighted by atomic mass is 16.5. The Labute approximate surface area is 105 Å². The fraction of sp³-hybridized carbons (Fsp3) is 0.286. The maximum absolute atomic E-state index is 11.7. The first kappa shape index (κ1) is 11.0. The van der Waals surface area contributed by atoms with Gasteiger partial charge in [0.15, 0.2) is 0 Å². The Hall–Kier alpha value is -2.10. The largest absolute Gasteiger partial charge is 0.489 e. The fourth-order valence-electron chi connectivity index (χ4n) is 2.30. The molecule has 18 heavy (non-hydrogen) atoms. The minimum Gasteiger partial charge on any atom is -0.489 e. The lowest BCUT2D eigenvalue weighted by Gasteiger charge is -2.29. The van der Waals surface area contributed by atoms with Crippen LogP contribution in [0.25, 0.3) is 10.9 Å². The molecule has 2 aromatic rings. The topological polar surface area (TPSA) is 42.4 Å². The fourth-order valence-corrected chi connectivity index (χ4v) is 2.30. The predicted molar refractivity (Wildman–Crippen MR) is 70.0 cm³/mol. The number of carbonyl (C=O) groups is 1. The number of ether oxygens (including phenoxy) is 1. The highest BCUT2D eigenvalue weighted by molar-refractivity contribution is 6.04. The molecule has 4 nitrogen and oxygen atoms in total. The van der Waals surface area contributed by atoms with Crippen molar-refractivity contribution < 1.29 is 9.53 Å². The molecule has 1 aromatic heterocycles. The molecule has 0 saturated heterocycles. The minimum absolute atomic E-state index is 0.0235. The molecule has 2 heterocycles. The van der Waals surface area contributed by atoms with Crippen molar-refractivity contribution in [2.45, 2.75) is 13.8 Å². The summed E-state index contributed by atoms with van der Waals surface area (Å²) in [6.07, 6.45) is 0. The zero-order chi connectivity index (χ0) is 12.7. The summed E-state index contributed by atoms with van der Waals surface area (Å²) in [5.74, 6) is 0.761. The van der Waals surface area contributed by atoms with Gasteiger partial charge in [-0.25, -0.2) is 0 Å². The lowest BCUT2D eigenvalue weighted by atomic mass is 10.1. The maximum atomic E-state index is 11.7. The molecule has 1 amide bonds. The smallest absolute Gasteiger partial charge is 0.224 e. The zero-order valence-electron chi connectivity index (χ0n) is 10.4. The molecule has 1 aliphatic heterocycles. The van der Waals surface area contributed by atoms with Gasteiger partial charge in [-0.15, -0.1) is 0 Å². The lowest BCUT2D eigenvalue weighted by molar-refractivity contribution is -0.116. The maximum Gasteiger partial charge on any atom is 0.224 e. The average molecular weight is 242 g/mol. The standard InChI is InChI=1S/C14H14N2O2/c1-9-3-4-11-5-6-12-14(13(11)15-9)16(10(2)17)7-8-18-12/h3-6H,7-8H2,1-2H3. The molecule has 0 saturated carbocycles. The van der Waals surface area contributed by atoms with E-state index < -0.39 is 0 Å². The van der Waals surface area contributed by atoms with E-state index >= 15 is 0 Å². The molecule has 0 radical (unpaired) electrons. The van der Waals surface area contributed by atoms with Crippen LogP contribution >= 0.6 is 0 Å². The SMILES string of the molecule is CC(=O)N1CCOc2ccc3ccc(C)nc3c21. The number of fused-ring (bicyclic) bond motifs is 3. The summed E-state index contributed by atoms with van der Waals surface area (Å²) < 4.78 is 5.62. The van der Waals surface area contributed by atoms with Gasteiger partial charge in [0.2, 0.25) is 5.91 Å². The van der Waals surface area contributed by atoms with Crippen LogP contribution in [0.15, 0.2) is 24.3 Å². The molecule has 0 fully saturated rings. The van der Waals surface area contributed by atoms with E-state index in [4.69, 9.17) is 4.74 Å². The number of hydrogen-bond donors (Lipinski definition) is 0. The van der Waals surface area contributed by atoms with Gasteiger partial charge in [0, 0.05) is 18.0 Å². The molecule has 1 aromatic carbocycles. The van der Waals surface area contributed by atoms with Crippen molar-refractivity contribution in [3.63, 3.8) is 0 Å². The van der Waals surface area contributed by atoms with Gasteiger partial charge in [0.05, 0.1) is 12.1 Å². The number of aromatic nitrogens is 1. The van der Waals surface area contributed by atoms with Gasteiger partial charge in [-0.1, -0.05) is 6.07 Å². The van der Waals surface area contributed by atoms with Crippen LogP contribution in [-0.4, -0.2) is 24.0 Å². The Kier molecular flexibility index (Phi) is 2.44. The Morgan fingerprint density at radius 1 is 1.33 bits per heavy atom. The van der Waals surface area contributed by atoms with E-state index in [1.54, 1.807) is 11.8 Å². The minimum atomic E-state index is 0.0235. The van der Waals surface area contributed by atoms with E-state index in [9.17, 15) is 4.79 Å². The van der Waals surface area contributed by atoms with Gasteiger partial charge in [0.25, 0.3) is 0 Å². The Balaban J connectivity index is 2.33. The first-order valence-electron chi connectivity index (χ1n) is 5.98. The van der Waals surface area contributed by atoms with Crippen molar-refractivity contribution in [2.24, 2.45) is 0 Å². The van der Waals surface area contributed by atoms with Crippen molar-refractivity contribution in [2.75, 3.05) is 18.1 Å². The van der Waals surface area contributed by atoms with Crippen molar-refractivity contribution in [3.8, 4) is 5.75 Å². The second kappa shape index (κ2) is 3.98. The van der Waals surface area contributed by atoms with Crippen LogP contribution in [0, 0.1) is 6.92 Å². The molecule has 3 rings (SSSR count). The number of amides is 1. The van der Waals surface area contributed by atoms with Gasteiger partial charge in [-0.05, 0) is 25.1 Å². The Morgan fingerprint density at radius 2 is 2.11 bits per heavy atom. The summed E-state index contributed by atoms with van der Waals surface area (Å²) in [6.45, 7) is 4.63. The third kappa shape index (κ3) is 1.61. The van der Waals surface area contributed by atoms with Gasteiger partial charge in [-0.3, -0.25) is 9.78 Å². The molecule has 0 aliphatic carbocycles. The van der Waals surface area contributed by atoms with Crippen LogP contribution in [-0.2, 0) is 4.79 Å². The Bertz CT molecular complexity index is 637. The van der Waals surface area contributed by atoms with Crippen molar-refractivity contribution >= 4 is 22.5 Å². The van der Waals surface area contributed by atoms with Crippen molar-refractivity contribution in [1.29, 1.82) is 0 Å². The van der Waals surface area contributed by atoms with Gasteiger partial charge in [-0.2, -0.15) is 0 Å². The lowest BCUT2D eigenvalue weighted by Crippen LogP contribution is -2.36. The molecule has 92 valence electrons. The number of hydrogen-bond acceptors (Lipinski definition) is 3. The molecular formula is C14H14N2O2. The quantitative estimate of drug-likeness (QED) is 0.711. The summed E-state index contributed by atoms with van der Waals surface area (Å²) in [6, 6.07) is 7.87. The summed E-state index contributed by atoms with van der Waals surface area (Å²) in [4.78, 5) is 18.0. The van der Waals surface area contributed by atoms with Gasteiger partial charge in [0.1, 0.15) is 18.0 Å². The third-order valence-electron chi connectivity index (χ3n) is 3.16. The highest BCUT2D eigenvalue weighted by Crippen LogP contribution is 2.37. The molecule has 0 N–H and O–H groups in total. The highest BCUT2D eigenvalue weighted by Gasteiger charge is 2.24. The summed E-state index contributed by atoms with van der Waals surface area (Å²) >= 11 is 0. The zero-order valence-corrected chi connectivity index (χ0v) is 10.4. The van der Waals surface area contributed by atoms with E-state index in [0.29, 0.717) is 13.2 Å². The van der Waals surface area contributed by atoms with Crippen LogP contribution in [0.5, 0.6) is 5.75 Å². The summed E-state index contributed by atoms with van der Waals surface area (Å²) in [7, 11) is 0. The number of carbonyl (C=O) groups excluding carboxylic acids is 1. The number of nitrogens with zero attached hydrogens (tertiary/aromatic N) is 2. The van der Waals surface area contributed by atoms with Gasteiger partial charge < -0.3 is 9.64 Å². The second-order valence-corrected chi connectivity index (χ2v) is 4.46. The number of aryl methyl sites for hydroxylation is 1. The second-order valence-electron chi connectivity index (χ2n) is 4.46. The summed E-state index contributed by atoms with van der Waals surface area (Å²) in [5, 5.41) is 1.02. The number of pyridine rings is 1. The van der Waals surface area contributed by atoms with Crippen molar-refractivity contribution in [1.82, 2.24) is 4.98 Å². The third-order valence-corrected chi connectivity index (χ3v) is 3.16. The number of rotatable bonds is 0. The van der Waals surface area contributed by atoms with E-state index in [0.717, 1.165) is 28.0 Å². The van der Waals surface area contributed by atoms with Crippen LogP contribution in [0.1, 0.15) is 12.6 Å². The average Bonchev–Trinajstić information content (AvgIpc) is 2.37. The molecule has 4 heteroatoms. The molecule has 0 bridgehead atoms. The van der Waals surface area contributed by atoms with Crippen LogP contribution in [0.4, 0.5) is 5.69 Å². The van der Waals surface area contributed by atoms with Gasteiger partial charge >= 0.3 is 0 Å². The number of benzene rings is 1. The molecule has 1 aliphatic rings. The number of anilines is 1. The molecular weight excluding hydrogens is 228 g/mol. The monoisotopic (exact) mass is 242 g/mol. The molecule has 0 atom stereocenters. The summed E-state index contributed by atoms with van der Waals surface area (Å²) in [5.41, 5.74) is 2.57. The molecule has 0 spiro atoms. The van der Waals surface area contributed by atoms with E-state index in [-0.39, 0.29) is 5.91 Å². The predicted octanol–water partition coefficient (Wildman–Crippen LogP) is 2.29. The first-order chi connectivity index (χ1) is 8.66. The van der Waals surface area contributed by atoms with E-state index in [1.165, 1.54) is 0 Å². The van der Waals surface area contributed by atoms with Crippen LogP contribution < -0.4 is 9.64 Å². The van der Waals surface area contributed by atoms with E-state index in [2.05, 4.69) is 4.98 Å². The normalized spacial score (nSPS) is 14.2. The molecule has 0 unspecified atom stereocenters.